The molecule has 23 heavy (non-hydrogen) atoms. The summed E-state index contributed by atoms with van der Waals surface area (Å²) < 4.78 is 0. The molecule has 7 nitrogen and oxygen atoms in total. The number of carbonyl (C=O) groups excluding carboxylic acids is 1. The van der Waals surface area contributed by atoms with Gasteiger partial charge in [0.2, 0.25) is 5.91 Å². The molecule has 1 aromatic rings. The maximum Gasteiger partial charge on any atom is 0.292 e. The molecule has 0 spiro atoms. The maximum absolute atomic E-state index is 12.2. The zero-order valence-corrected chi connectivity index (χ0v) is 13.9. The lowest BCUT2D eigenvalue weighted by Crippen LogP contribution is -2.44. The van der Waals surface area contributed by atoms with Crippen LogP contribution in [0.25, 0.3) is 0 Å². The highest BCUT2D eigenvalue weighted by Crippen LogP contribution is 2.23. The lowest BCUT2D eigenvalue weighted by molar-refractivity contribution is -0.383. The van der Waals surface area contributed by atoms with Crippen LogP contribution in [-0.4, -0.2) is 41.4 Å². The molecule has 1 aliphatic rings. The van der Waals surface area contributed by atoms with Gasteiger partial charge in [-0.2, -0.15) is 0 Å². The molecule has 2 rings (SSSR count). The number of anilines is 1. The number of halogens is 1. The molecule has 1 aliphatic heterocycles. The number of carbonyl (C=O) groups is 1. The second-order valence-electron chi connectivity index (χ2n) is 5.71. The number of piperidine rings is 1. The Bertz CT molecular complexity index is 545. The summed E-state index contributed by atoms with van der Waals surface area (Å²) >= 11 is 0. The Morgan fingerprint density at radius 1 is 1.43 bits per heavy atom. The second kappa shape index (κ2) is 8.69. The summed E-state index contributed by atoms with van der Waals surface area (Å²) in [7, 11) is 0. The summed E-state index contributed by atoms with van der Waals surface area (Å²) in [4.78, 5) is 24.5. The number of benzene rings is 1. The minimum atomic E-state index is -0.457. The second-order valence-corrected chi connectivity index (χ2v) is 5.71. The minimum Gasteiger partial charge on any atom is -0.371 e. The molecule has 0 saturated carbocycles. The van der Waals surface area contributed by atoms with Crippen molar-refractivity contribution < 1.29 is 9.72 Å². The number of nitro benzene ring substituents is 1. The van der Waals surface area contributed by atoms with E-state index in [0.29, 0.717) is 24.7 Å². The zero-order valence-electron chi connectivity index (χ0n) is 13.1. The fraction of sp³-hybridized carbons (Fsp3) is 0.533. The fourth-order valence-electron chi connectivity index (χ4n) is 2.74. The van der Waals surface area contributed by atoms with Crippen molar-refractivity contribution in [1.29, 1.82) is 0 Å². The van der Waals surface area contributed by atoms with Crippen LogP contribution in [0.5, 0.6) is 0 Å². The van der Waals surface area contributed by atoms with Crippen molar-refractivity contribution in [1.82, 2.24) is 4.90 Å². The molecule has 1 fully saturated rings. The van der Waals surface area contributed by atoms with E-state index in [1.165, 1.54) is 6.07 Å². The van der Waals surface area contributed by atoms with Crippen LogP contribution in [0.15, 0.2) is 24.3 Å². The average molecular weight is 343 g/mol. The molecule has 1 amide bonds. The third kappa shape index (κ3) is 5.07. The van der Waals surface area contributed by atoms with Gasteiger partial charge in [0.05, 0.1) is 11.5 Å². The highest BCUT2D eigenvalue weighted by molar-refractivity contribution is 5.85. The van der Waals surface area contributed by atoms with Crippen molar-refractivity contribution in [3.8, 4) is 0 Å². The van der Waals surface area contributed by atoms with Crippen molar-refractivity contribution in [2.45, 2.75) is 25.8 Å². The highest BCUT2D eigenvalue weighted by Gasteiger charge is 2.24. The summed E-state index contributed by atoms with van der Waals surface area (Å²) in [5.41, 5.74) is 6.23. The monoisotopic (exact) mass is 342 g/mol. The quantitative estimate of drug-likeness (QED) is 0.629. The number of hydrogen-bond acceptors (Lipinski definition) is 5. The molecule has 1 aromatic carbocycles. The first-order chi connectivity index (χ1) is 10.5. The van der Waals surface area contributed by atoms with Gasteiger partial charge in [0.15, 0.2) is 0 Å². The van der Waals surface area contributed by atoms with Gasteiger partial charge in [-0.1, -0.05) is 12.1 Å². The first kappa shape index (κ1) is 19.2. The number of nitrogens with zero attached hydrogens (tertiary/aromatic N) is 2. The Morgan fingerprint density at radius 2 is 2.04 bits per heavy atom. The minimum absolute atomic E-state index is 0. The number of nitro groups is 1. The molecule has 3 N–H and O–H groups in total. The molecule has 0 aromatic heterocycles. The smallest absolute Gasteiger partial charge is 0.292 e. The molecule has 128 valence electrons. The Labute approximate surface area is 141 Å². The third-order valence-electron chi connectivity index (χ3n) is 4.17. The van der Waals surface area contributed by atoms with E-state index in [2.05, 4.69) is 5.32 Å². The maximum atomic E-state index is 12.2. The molecule has 1 saturated heterocycles. The fourth-order valence-corrected chi connectivity index (χ4v) is 2.74. The van der Waals surface area contributed by atoms with Crippen LogP contribution < -0.4 is 11.1 Å². The lowest BCUT2D eigenvalue weighted by atomic mass is 9.91. The molecule has 0 radical (unpaired) electrons. The molecular formula is C15H23ClN4O3. The molecule has 0 aliphatic carbocycles. The van der Waals surface area contributed by atoms with E-state index in [4.69, 9.17) is 5.73 Å². The van der Waals surface area contributed by atoms with Crippen molar-refractivity contribution in [3.05, 3.63) is 34.4 Å². The number of para-hydroxylation sites is 2. The number of nitrogens with one attached hydrogen (secondary N) is 1. The van der Waals surface area contributed by atoms with Gasteiger partial charge in [-0.15, -0.1) is 12.4 Å². The highest BCUT2D eigenvalue weighted by atomic mass is 35.5. The van der Waals surface area contributed by atoms with Crippen LogP contribution in [0.2, 0.25) is 0 Å². The van der Waals surface area contributed by atoms with Gasteiger partial charge in [0.25, 0.3) is 5.69 Å². The first-order valence-corrected chi connectivity index (χ1v) is 7.49. The Morgan fingerprint density at radius 3 is 2.61 bits per heavy atom. The van der Waals surface area contributed by atoms with Gasteiger partial charge in [0.1, 0.15) is 5.69 Å². The van der Waals surface area contributed by atoms with Crippen LogP contribution in [0.4, 0.5) is 11.4 Å². The van der Waals surface area contributed by atoms with Gasteiger partial charge in [-0.3, -0.25) is 14.9 Å². The SMILES string of the molecule is CC(N)C1CCN(C(=O)CNc2ccccc2[N+](=O)[O-])CC1.Cl. The van der Waals surface area contributed by atoms with E-state index in [1.807, 2.05) is 6.92 Å². The lowest BCUT2D eigenvalue weighted by Gasteiger charge is -2.33. The van der Waals surface area contributed by atoms with Gasteiger partial charge in [-0.05, 0) is 31.7 Å². The van der Waals surface area contributed by atoms with E-state index >= 15 is 0 Å². The zero-order chi connectivity index (χ0) is 16.1. The predicted octanol–water partition coefficient (Wildman–Crippen LogP) is 2.01. The topological polar surface area (TPSA) is 102 Å². The summed E-state index contributed by atoms with van der Waals surface area (Å²) in [5, 5.41) is 13.8. The van der Waals surface area contributed by atoms with E-state index in [0.717, 1.165) is 12.8 Å². The first-order valence-electron chi connectivity index (χ1n) is 7.49. The third-order valence-corrected chi connectivity index (χ3v) is 4.17. The van der Waals surface area contributed by atoms with Gasteiger partial charge < -0.3 is 16.0 Å². The molecule has 1 atom stereocenters. The number of nitrogens with two attached hydrogens (primary N) is 1. The predicted molar refractivity (Wildman–Crippen MR) is 91.8 cm³/mol. The van der Waals surface area contributed by atoms with E-state index in [9.17, 15) is 14.9 Å². The average Bonchev–Trinajstić information content (AvgIpc) is 2.52. The van der Waals surface area contributed by atoms with Crippen molar-refractivity contribution >= 4 is 29.7 Å². The Hall–Kier alpha value is -1.86. The Kier molecular flexibility index (Phi) is 7.25. The molecule has 1 unspecified atom stereocenters. The van der Waals surface area contributed by atoms with Crippen LogP contribution in [0, 0.1) is 16.0 Å². The van der Waals surface area contributed by atoms with Crippen LogP contribution in [-0.2, 0) is 4.79 Å². The number of rotatable bonds is 5. The molecule has 8 heteroatoms. The number of likely N-dealkylation sites (tertiary alicyclic amines) is 1. The van der Waals surface area contributed by atoms with Crippen LogP contribution in [0.1, 0.15) is 19.8 Å². The van der Waals surface area contributed by atoms with Crippen LogP contribution >= 0.6 is 12.4 Å². The summed E-state index contributed by atoms with van der Waals surface area (Å²) in [6, 6.07) is 6.48. The van der Waals surface area contributed by atoms with Gasteiger partial charge in [-0.25, -0.2) is 0 Å². The van der Waals surface area contributed by atoms with Gasteiger partial charge >= 0.3 is 0 Å². The van der Waals surface area contributed by atoms with Crippen molar-refractivity contribution in [2.24, 2.45) is 11.7 Å². The summed E-state index contributed by atoms with van der Waals surface area (Å²) in [6.07, 6.45) is 1.82. The van der Waals surface area contributed by atoms with Crippen molar-refractivity contribution in [3.63, 3.8) is 0 Å². The van der Waals surface area contributed by atoms with E-state index in [1.54, 1.807) is 23.1 Å². The normalized spacial score (nSPS) is 16.3. The summed E-state index contributed by atoms with van der Waals surface area (Å²) in [5.74, 6) is 0.425. The summed E-state index contributed by atoms with van der Waals surface area (Å²) in [6.45, 7) is 3.46. The standard InChI is InChI=1S/C15H22N4O3.ClH/c1-11(16)12-6-8-18(9-7-12)15(20)10-17-13-4-2-3-5-14(13)19(21)22;/h2-5,11-12,17H,6-10,16H2,1H3;1H. The molecule has 1 heterocycles. The molecular weight excluding hydrogens is 320 g/mol. The van der Waals surface area contributed by atoms with Crippen molar-refractivity contribution in [2.75, 3.05) is 25.0 Å². The van der Waals surface area contributed by atoms with E-state index in [-0.39, 0.29) is 36.6 Å². The molecule has 0 bridgehead atoms. The van der Waals surface area contributed by atoms with Gasteiger partial charge in [0, 0.05) is 25.2 Å². The van der Waals surface area contributed by atoms with E-state index < -0.39 is 4.92 Å². The Balaban J connectivity index is 0.00000264. The number of amides is 1. The van der Waals surface area contributed by atoms with Crippen LogP contribution in [0.3, 0.4) is 0 Å². The largest absolute Gasteiger partial charge is 0.371 e. The number of hydrogen-bond donors (Lipinski definition) is 2.